The molecule has 31 heavy (non-hydrogen) atoms. The molecule has 3 aromatic rings. The maximum atomic E-state index is 15.6. The van der Waals surface area contributed by atoms with Crippen molar-refractivity contribution in [2.45, 2.75) is 19.4 Å². The third-order valence-electron chi connectivity index (χ3n) is 6.22. The maximum Gasteiger partial charge on any atom is 0.249 e. The Hall–Kier alpha value is -3.80. The second-order valence-electron chi connectivity index (χ2n) is 7.87. The second-order valence-corrected chi connectivity index (χ2v) is 7.87. The zero-order valence-electron chi connectivity index (χ0n) is 16.8. The van der Waals surface area contributed by atoms with Gasteiger partial charge in [0, 0.05) is 42.2 Å². The van der Waals surface area contributed by atoms with Crippen molar-refractivity contribution in [3.05, 3.63) is 89.0 Å². The van der Waals surface area contributed by atoms with Gasteiger partial charge in [0.25, 0.3) is 0 Å². The van der Waals surface area contributed by atoms with E-state index < -0.39 is 11.7 Å². The van der Waals surface area contributed by atoms with Crippen LogP contribution in [-0.2, 0) is 24.2 Å². The minimum atomic E-state index is -0.642. The van der Waals surface area contributed by atoms with Crippen LogP contribution in [0.1, 0.15) is 32.6 Å². The Bertz CT molecular complexity index is 1280. The Labute approximate surface area is 179 Å². The number of amides is 2. The number of aromatic nitrogens is 1. The Morgan fingerprint density at radius 2 is 1.97 bits per heavy atom. The van der Waals surface area contributed by atoms with E-state index in [0.29, 0.717) is 37.1 Å². The summed E-state index contributed by atoms with van der Waals surface area (Å²) in [6.07, 6.45) is 5.84. The van der Waals surface area contributed by atoms with E-state index in [0.717, 1.165) is 33.4 Å². The quantitative estimate of drug-likeness (QED) is 0.521. The topological polar surface area (TPSA) is 76.3 Å². The van der Waals surface area contributed by atoms with Gasteiger partial charge < -0.3 is 10.6 Å². The number of rotatable bonds is 3. The molecule has 2 heterocycles. The van der Waals surface area contributed by atoms with Crippen molar-refractivity contribution in [2.75, 3.05) is 6.54 Å². The summed E-state index contributed by atoms with van der Waals surface area (Å²) >= 11 is 0. The van der Waals surface area contributed by atoms with Gasteiger partial charge in [-0.15, -0.1) is 0 Å². The van der Waals surface area contributed by atoms with Crippen molar-refractivity contribution in [1.82, 2.24) is 9.88 Å². The van der Waals surface area contributed by atoms with Gasteiger partial charge in [-0.3, -0.25) is 14.6 Å². The summed E-state index contributed by atoms with van der Waals surface area (Å²) < 4.78 is 15.6. The van der Waals surface area contributed by atoms with Gasteiger partial charge in [-0.05, 0) is 64.4 Å². The molecule has 0 saturated heterocycles. The molecule has 0 spiro atoms. The molecular weight excluding hydrogens is 393 g/mol. The molecule has 1 aromatic heterocycles. The largest absolute Gasteiger partial charge is 0.366 e. The summed E-state index contributed by atoms with van der Waals surface area (Å²) in [6.45, 7) is 4.56. The average molecular weight is 413 g/mol. The molecule has 1 aliphatic heterocycles. The molecule has 1 aliphatic carbocycles. The minimum Gasteiger partial charge on any atom is -0.366 e. The van der Waals surface area contributed by atoms with Crippen molar-refractivity contribution in [3.63, 3.8) is 0 Å². The van der Waals surface area contributed by atoms with Gasteiger partial charge in [0.15, 0.2) is 0 Å². The lowest BCUT2D eigenvalue weighted by molar-refractivity contribution is -0.126. The van der Waals surface area contributed by atoms with Crippen LogP contribution in [0, 0.1) is 5.82 Å². The Morgan fingerprint density at radius 3 is 2.74 bits per heavy atom. The van der Waals surface area contributed by atoms with E-state index in [9.17, 15) is 9.59 Å². The summed E-state index contributed by atoms with van der Waals surface area (Å²) in [5.41, 5.74) is 12.3. The zero-order valence-corrected chi connectivity index (χ0v) is 16.8. The predicted molar refractivity (Wildman–Crippen MR) is 116 cm³/mol. The fraction of sp³-hybridized carbons (Fsp3) is 0.160. The van der Waals surface area contributed by atoms with Crippen LogP contribution in [0.15, 0.2) is 55.4 Å². The van der Waals surface area contributed by atoms with Gasteiger partial charge in [-0.2, -0.15) is 0 Å². The highest BCUT2D eigenvalue weighted by Gasteiger charge is 2.31. The molecule has 0 bridgehead atoms. The molecular formula is C25H20FN3O2. The van der Waals surface area contributed by atoms with Gasteiger partial charge >= 0.3 is 0 Å². The lowest BCUT2D eigenvalue weighted by atomic mass is 9.85. The molecule has 0 fully saturated rings. The predicted octanol–water partition coefficient (Wildman–Crippen LogP) is 3.63. The Balaban J connectivity index is 1.74. The summed E-state index contributed by atoms with van der Waals surface area (Å²) in [7, 11) is 0. The number of benzene rings is 2. The first-order chi connectivity index (χ1) is 15.0. The number of halogens is 1. The second kappa shape index (κ2) is 7.16. The van der Waals surface area contributed by atoms with E-state index in [2.05, 4.69) is 11.6 Å². The molecule has 2 N–H and O–H groups in total. The molecule has 2 aliphatic rings. The molecule has 0 unspecified atom stereocenters. The van der Waals surface area contributed by atoms with Gasteiger partial charge in [0.2, 0.25) is 11.8 Å². The van der Waals surface area contributed by atoms with Crippen LogP contribution >= 0.6 is 0 Å². The van der Waals surface area contributed by atoms with E-state index in [1.54, 1.807) is 17.3 Å². The van der Waals surface area contributed by atoms with Crippen LogP contribution in [0.25, 0.3) is 22.3 Å². The fourth-order valence-electron chi connectivity index (χ4n) is 4.81. The number of hydrogen-bond acceptors (Lipinski definition) is 3. The fourth-order valence-corrected chi connectivity index (χ4v) is 4.81. The Kier molecular flexibility index (Phi) is 4.43. The third kappa shape index (κ3) is 2.94. The maximum absolute atomic E-state index is 15.6. The van der Waals surface area contributed by atoms with E-state index in [4.69, 9.17) is 5.73 Å². The molecule has 5 nitrogen and oxygen atoms in total. The van der Waals surface area contributed by atoms with Crippen molar-refractivity contribution in [3.8, 4) is 22.3 Å². The highest BCUT2D eigenvalue weighted by Crippen LogP contribution is 2.47. The number of hydrogen-bond donors (Lipinski definition) is 1. The number of pyridine rings is 1. The number of carbonyl (C=O) groups is 2. The molecule has 6 heteroatoms. The van der Waals surface area contributed by atoms with E-state index in [1.807, 2.05) is 24.3 Å². The van der Waals surface area contributed by atoms with Crippen molar-refractivity contribution >= 4 is 11.8 Å². The lowest BCUT2D eigenvalue weighted by Gasteiger charge is -2.30. The first-order valence-corrected chi connectivity index (χ1v) is 10.1. The third-order valence-corrected chi connectivity index (χ3v) is 6.22. The first kappa shape index (κ1) is 19.2. The van der Waals surface area contributed by atoms with Crippen LogP contribution < -0.4 is 5.73 Å². The molecule has 0 saturated carbocycles. The van der Waals surface area contributed by atoms with Gasteiger partial charge in [0.1, 0.15) is 5.82 Å². The van der Waals surface area contributed by atoms with Crippen LogP contribution in [0.4, 0.5) is 4.39 Å². The SMILES string of the molecule is C=CC(=O)N1CCc2c(cccc2-c2c(F)cc(C(N)=O)c3c2-c2cnccc2C3)C1. The zero-order chi connectivity index (χ0) is 21.7. The van der Waals surface area contributed by atoms with Gasteiger partial charge in [-0.1, -0.05) is 24.8 Å². The molecule has 0 radical (unpaired) electrons. The van der Waals surface area contributed by atoms with Crippen LogP contribution in [0.5, 0.6) is 0 Å². The van der Waals surface area contributed by atoms with Gasteiger partial charge in [-0.25, -0.2) is 4.39 Å². The molecule has 154 valence electrons. The molecule has 2 amide bonds. The van der Waals surface area contributed by atoms with Gasteiger partial charge in [0.05, 0.1) is 0 Å². The number of nitrogens with zero attached hydrogens (tertiary/aromatic N) is 2. The minimum absolute atomic E-state index is 0.117. The van der Waals surface area contributed by atoms with Crippen LogP contribution in [0.2, 0.25) is 0 Å². The number of nitrogens with two attached hydrogens (primary N) is 1. The van der Waals surface area contributed by atoms with Crippen molar-refractivity contribution < 1.29 is 14.0 Å². The number of fused-ring (bicyclic) bond motifs is 4. The number of primary amides is 1. The molecule has 0 atom stereocenters. The van der Waals surface area contributed by atoms with E-state index in [-0.39, 0.29) is 11.5 Å². The van der Waals surface area contributed by atoms with Crippen LogP contribution in [0.3, 0.4) is 0 Å². The highest BCUT2D eigenvalue weighted by molar-refractivity contribution is 6.02. The summed E-state index contributed by atoms with van der Waals surface area (Å²) in [5.74, 6) is -1.24. The normalized spacial score (nSPS) is 13.9. The average Bonchev–Trinajstić information content (AvgIpc) is 3.16. The smallest absolute Gasteiger partial charge is 0.249 e. The van der Waals surface area contributed by atoms with E-state index in [1.165, 1.54) is 12.1 Å². The molecule has 5 rings (SSSR count). The lowest BCUT2D eigenvalue weighted by Crippen LogP contribution is -2.35. The highest BCUT2D eigenvalue weighted by atomic mass is 19.1. The van der Waals surface area contributed by atoms with E-state index >= 15 is 4.39 Å². The van der Waals surface area contributed by atoms with Crippen LogP contribution in [-0.4, -0.2) is 28.2 Å². The summed E-state index contributed by atoms with van der Waals surface area (Å²) in [5, 5.41) is 0. The summed E-state index contributed by atoms with van der Waals surface area (Å²) in [6, 6.07) is 8.89. The standard InChI is InChI=1S/C25H20FN3O2/c1-2-22(30)29-9-7-16-15(13-29)4-3-5-17(16)24-21(26)11-19(25(27)31)18-10-14-6-8-28-12-20(14)23(18)24/h2-6,8,11-12H,1,7,9-10,13H2,(H2,27,31). The number of carbonyl (C=O) groups excluding carboxylic acids is 2. The first-order valence-electron chi connectivity index (χ1n) is 10.1. The van der Waals surface area contributed by atoms with Crippen molar-refractivity contribution in [2.24, 2.45) is 5.73 Å². The van der Waals surface area contributed by atoms with Crippen molar-refractivity contribution in [1.29, 1.82) is 0 Å². The Morgan fingerprint density at radius 1 is 1.13 bits per heavy atom. The monoisotopic (exact) mass is 413 g/mol. The molecule has 2 aromatic carbocycles. The summed E-state index contributed by atoms with van der Waals surface area (Å²) in [4.78, 5) is 30.1.